The second-order valence-corrected chi connectivity index (χ2v) is 6.03. The van der Waals surface area contributed by atoms with Crippen molar-refractivity contribution < 1.29 is 0 Å². The largest absolute Gasteiger partial charge is 0.309 e. The Kier molecular flexibility index (Phi) is 7.11. The van der Waals surface area contributed by atoms with E-state index in [-0.39, 0.29) is 0 Å². The molecule has 1 N–H and O–H groups in total. The van der Waals surface area contributed by atoms with Gasteiger partial charge in [-0.2, -0.15) is 0 Å². The Morgan fingerprint density at radius 1 is 1.11 bits per heavy atom. The average Bonchev–Trinajstić information content (AvgIpc) is 2.34. The minimum absolute atomic E-state index is 0.435. The summed E-state index contributed by atoms with van der Waals surface area (Å²) in [5.41, 5.74) is 2.73. The van der Waals surface area contributed by atoms with Crippen LogP contribution < -0.4 is 5.32 Å². The maximum absolute atomic E-state index is 3.67. The van der Waals surface area contributed by atoms with Gasteiger partial charge < -0.3 is 10.2 Å². The van der Waals surface area contributed by atoms with Gasteiger partial charge in [-0.1, -0.05) is 50.6 Å². The lowest BCUT2D eigenvalue weighted by molar-refractivity contribution is 0.262. The van der Waals surface area contributed by atoms with E-state index >= 15 is 0 Å². The third-order valence-electron chi connectivity index (χ3n) is 3.29. The lowest BCUT2D eigenvalue weighted by atomic mass is 10.0. The van der Waals surface area contributed by atoms with E-state index in [0.717, 1.165) is 25.6 Å². The first-order valence-corrected chi connectivity index (χ1v) is 7.51. The molecule has 108 valence electrons. The second kappa shape index (κ2) is 8.34. The lowest BCUT2D eigenvalue weighted by Gasteiger charge is -2.26. The molecule has 1 rings (SSSR count). The van der Waals surface area contributed by atoms with Gasteiger partial charge in [0.2, 0.25) is 0 Å². The summed E-state index contributed by atoms with van der Waals surface area (Å²) < 4.78 is 0. The van der Waals surface area contributed by atoms with Crippen molar-refractivity contribution in [3.8, 4) is 0 Å². The fraction of sp³-hybridized carbons (Fsp3) is 0.647. The summed E-state index contributed by atoms with van der Waals surface area (Å²) in [7, 11) is 2.22. The summed E-state index contributed by atoms with van der Waals surface area (Å²) >= 11 is 0. The van der Waals surface area contributed by atoms with Gasteiger partial charge in [0.25, 0.3) is 0 Å². The highest BCUT2D eigenvalue weighted by Crippen LogP contribution is 2.15. The number of hydrogen-bond acceptors (Lipinski definition) is 2. The van der Waals surface area contributed by atoms with Crippen LogP contribution in [-0.4, -0.2) is 31.6 Å². The molecule has 1 aromatic carbocycles. The van der Waals surface area contributed by atoms with E-state index in [4.69, 9.17) is 0 Å². The predicted octanol–water partition coefficient (Wildman–Crippen LogP) is 3.62. The molecule has 0 aromatic heterocycles. The van der Waals surface area contributed by atoms with Crippen molar-refractivity contribution in [2.24, 2.45) is 5.92 Å². The summed E-state index contributed by atoms with van der Waals surface area (Å²) in [6, 6.07) is 9.36. The van der Waals surface area contributed by atoms with Crippen LogP contribution in [0.3, 0.4) is 0 Å². The number of aryl methyl sites for hydroxylation is 1. The first-order chi connectivity index (χ1) is 9.02. The van der Waals surface area contributed by atoms with Crippen molar-refractivity contribution in [2.45, 2.75) is 40.2 Å². The fourth-order valence-corrected chi connectivity index (χ4v) is 2.41. The van der Waals surface area contributed by atoms with Gasteiger partial charge in [0.05, 0.1) is 0 Å². The minimum atomic E-state index is 0.435. The van der Waals surface area contributed by atoms with E-state index in [9.17, 15) is 0 Å². The quantitative estimate of drug-likeness (QED) is 0.769. The summed E-state index contributed by atoms with van der Waals surface area (Å²) in [6.07, 6.45) is 1.18. The molecule has 0 radical (unpaired) electrons. The van der Waals surface area contributed by atoms with E-state index in [1.165, 1.54) is 17.5 Å². The molecule has 1 atom stereocenters. The summed E-state index contributed by atoms with van der Waals surface area (Å²) in [6.45, 7) is 12.2. The molecule has 0 amide bonds. The molecule has 0 bridgehead atoms. The average molecular weight is 262 g/mol. The Labute approximate surface area is 119 Å². The molecule has 19 heavy (non-hydrogen) atoms. The van der Waals surface area contributed by atoms with Gasteiger partial charge >= 0.3 is 0 Å². The standard InChI is InChI=1S/C17H30N2/c1-6-11-18-17(13-19(5)12-14(2)3)16-9-7-15(4)8-10-16/h7-10,14,17-18H,6,11-13H2,1-5H3. The van der Waals surface area contributed by atoms with Crippen molar-refractivity contribution in [2.75, 3.05) is 26.7 Å². The van der Waals surface area contributed by atoms with Crippen LogP contribution in [0.1, 0.15) is 44.4 Å². The van der Waals surface area contributed by atoms with E-state index < -0.39 is 0 Å². The second-order valence-electron chi connectivity index (χ2n) is 6.03. The van der Waals surface area contributed by atoms with Crippen LogP contribution in [0.2, 0.25) is 0 Å². The molecule has 0 saturated carbocycles. The summed E-state index contributed by atoms with van der Waals surface area (Å²) in [5.74, 6) is 0.717. The molecule has 2 heteroatoms. The van der Waals surface area contributed by atoms with Gasteiger partial charge in [0, 0.05) is 19.1 Å². The maximum Gasteiger partial charge on any atom is 0.0449 e. The van der Waals surface area contributed by atoms with Crippen LogP contribution in [0, 0.1) is 12.8 Å². The van der Waals surface area contributed by atoms with Crippen LogP contribution in [0.4, 0.5) is 0 Å². The van der Waals surface area contributed by atoms with Gasteiger partial charge in [-0.25, -0.2) is 0 Å². The summed E-state index contributed by atoms with van der Waals surface area (Å²) in [5, 5.41) is 3.67. The van der Waals surface area contributed by atoms with Crippen LogP contribution >= 0.6 is 0 Å². The molecular formula is C17H30N2. The summed E-state index contributed by atoms with van der Waals surface area (Å²) in [4.78, 5) is 2.43. The van der Waals surface area contributed by atoms with Gasteiger partial charge in [0.15, 0.2) is 0 Å². The zero-order chi connectivity index (χ0) is 14.3. The van der Waals surface area contributed by atoms with Crippen molar-refractivity contribution in [3.63, 3.8) is 0 Å². The molecule has 1 unspecified atom stereocenters. The van der Waals surface area contributed by atoms with Crippen molar-refractivity contribution >= 4 is 0 Å². The molecule has 0 aliphatic heterocycles. The predicted molar refractivity (Wildman–Crippen MR) is 84.5 cm³/mol. The van der Waals surface area contributed by atoms with Crippen LogP contribution in [0.15, 0.2) is 24.3 Å². The fourth-order valence-electron chi connectivity index (χ4n) is 2.41. The molecule has 1 aromatic rings. The zero-order valence-corrected chi connectivity index (χ0v) is 13.2. The molecule has 0 saturated heterocycles. The number of hydrogen-bond donors (Lipinski definition) is 1. The highest BCUT2D eigenvalue weighted by molar-refractivity contribution is 5.24. The van der Waals surface area contributed by atoms with Crippen LogP contribution in [0.25, 0.3) is 0 Å². The first-order valence-electron chi connectivity index (χ1n) is 7.51. The molecule has 0 spiro atoms. The molecule has 0 fully saturated rings. The van der Waals surface area contributed by atoms with Crippen LogP contribution in [-0.2, 0) is 0 Å². The van der Waals surface area contributed by atoms with E-state index in [1.54, 1.807) is 0 Å². The third-order valence-corrected chi connectivity index (χ3v) is 3.29. The van der Waals surface area contributed by atoms with Gasteiger partial charge in [-0.3, -0.25) is 0 Å². The van der Waals surface area contributed by atoms with Crippen molar-refractivity contribution in [1.82, 2.24) is 10.2 Å². The lowest BCUT2D eigenvalue weighted by Crippen LogP contribution is -2.35. The molecule has 0 aliphatic carbocycles. The van der Waals surface area contributed by atoms with Crippen molar-refractivity contribution in [3.05, 3.63) is 35.4 Å². The Balaban J connectivity index is 2.68. The van der Waals surface area contributed by atoms with E-state index in [1.807, 2.05) is 0 Å². The topological polar surface area (TPSA) is 15.3 Å². The first kappa shape index (κ1) is 16.2. The normalized spacial score (nSPS) is 13.2. The van der Waals surface area contributed by atoms with Crippen molar-refractivity contribution in [1.29, 1.82) is 0 Å². The Hall–Kier alpha value is -0.860. The number of rotatable bonds is 8. The monoisotopic (exact) mass is 262 g/mol. The number of nitrogens with one attached hydrogen (secondary N) is 1. The molecular weight excluding hydrogens is 232 g/mol. The molecule has 0 aliphatic rings. The number of likely N-dealkylation sites (N-methyl/N-ethyl adjacent to an activating group) is 1. The molecule has 0 heterocycles. The Morgan fingerprint density at radius 2 is 1.74 bits per heavy atom. The van der Waals surface area contributed by atoms with E-state index in [0.29, 0.717) is 6.04 Å². The van der Waals surface area contributed by atoms with Gasteiger partial charge in [-0.05, 0) is 38.4 Å². The van der Waals surface area contributed by atoms with Gasteiger partial charge in [0.1, 0.15) is 0 Å². The number of nitrogens with zero attached hydrogens (tertiary/aromatic N) is 1. The molecule has 2 nitrogen and oxygen atoms in total. The van der Waals surface area contributed by atoms with Crippen LogP contribution in [0.5, 0.6) is 0 Å². The SMILES string of the molecule is CCCNC(CN(C)CC(C)C)c1ccc(C)cc1. The third kappa shape index (κ3) is 6.22. The smallest absolute Gasteiger partial charge is 0.0449 e. The van der Waals surface area contributed by atoms with E-state index in [2.05, 4.69) is 69.2 Å². The maximum atomic E-state index is 3.67. The highest BCUT2D eigenvalue weighted by atomic mass is 15.1. The van der Waals surface area contributed by atoms with Gasteiger partial charge in [-0.15, -0.1) is 0 Å². The Morgan fingerprint density at radius 3 is 2.26 bits per heavy atom. The Bertz CT molecular complexity index is 343. The number of benzene rings is 1. The highest BCUT2D eigenvalue weighted by Gasteiger charge is 2.13. The minimum Gasteiger partial charge on any atom is -0.309 e. The zero-order valence-electron chi connectivity index (χ0n) is 13.2.